The second-order valence-electron chi connectivity index (χ2n) is 7.94. The van der Waals surface area contributed by atoms with Crippen LogP contribution in [0.3, 0.4) is 0 Å². The molecule has 1 saturated heterocycles. The van der Waals surface area contributed by atoms with Crippen molar-refractivity contribution in [3.8, 4) is 11.3 Å². The van der Waals surface area contributed by atoms with Gasteiger partial charge in [0.2, 0.25) is 0 Å². The number of aromatic nitrogens is 5. The van der Waals surface area contributed by atoms with Gasteiger partial charge in [0, 0.05) is 35.0 Å². The van der Waals surface area contributed by atoms with Gasteiger partial charge in [0.05, 0.1) is 18.1 Å². The highest BCUT2D eigenvalue weighted by atomic mass is 16.1. The summed E-state index contributed by atoms with van der Waals surface area (Å²) in [6, 6.07) is 3.92. The number of nitrogens with one attached hydrogen (secondary N) is 1. The summed E-state index contributed by atoms with van der Waals surface area (Å²) in [7, 11) is 2.10. The third-order valence-corrected chi connectivity index (χ3v) is 5.99. The number of hydrogen-bond acceptors (Lipinski definition) is 5. The van der Waals surface area contributed by atoms with Crippen LogP contribution in [0.4, 0.5) is 0 Å². The van der Waals surface area contributed by atoms with Crippen LogP contribution in [-0.2, 0) is 0 Å². The van der Waals surface area contributed by atoms with Crippen LogP contribution in [-0.4, -0.2) is 55.2 Å². The molecule has 1 N–H and O–H groups in total. The molecular weight excluding hydrogens is 352 g/mol. The van der Waals surface area contributed by atoms with Crippen LogP contribution in [0.15, 0.2) is 43.1 Å². The number of nitrogens with zero attached hydrogens (tertiary/aromatic N) is 5. The summed E-state index contributed by atoms with van der Waals surface area (Å²) in [6.45, 7) is 3.96. The number of ketones is 1. The van der Waals surface area contributed by atoms with E-state index in [2.05, 4.69) is 38.8 Å². The summed E-state index contributed by atoms with van der Waals surface area (Å²) in [5, 5.41) is 1.00. The third-order valence-electron chi connectivity index (χ3n) is 5.99. The molecule has 5 heterocycles. The fourth-order valence-corrected chi connectivity index (χ4v) is 4.01. The van der Waals surface area contributed by atoms with Gasteiger partial charge in [-0.3, -0.25) is 14.2 Å². The van der Waals surface area contributed by atoms with E-state index in [9.17, 15) is 4.79 Å². The number of carbonyl (C=O) groups is 1. The van der Waals surface area contributed by atoms with Crippen molar-refractivity contribution in [3.63, 3.8) is 0 Å². The molecule has 28 heavy (non-hydrogen) atoms. The zero-order valence-electron chi connectivity index (χ0n) is 16.0. The first-order chi connectivity index (χ1) is 13.5. The molecule has 0 bridgehead atoms. The van der Waals surface area contributed by atoms with E-state index in [1.807, 2.05) is 28.9 Å². The molecule has 0 saturated carbocycles. The zero-order valence-corrected chi connectivity index (χ0v) is 16.0. The molecule has 1 fully saturated rings. The number of piperidine rings is 1. The van der Waals surface area contributed by atoms with E-state index in [0.717, 1.165) is 48.2 Å². The molecule has 1 aliphatic heterocycles. The number of carbonyl (C=O) groups excluding carboxylic acids is 1. The molecule has 0 spiro atoms. The molecule has 0 unspecified atom stereocenters. The van der Waals surface area contributed by atoms with Crippen LogP contribution in [0.25, 0.3) is 27.9 Å². The number of rotatable bonds is 3. The van der Waals surface area contributed by atoms with Gasteiger partial charge >= 0.3 is 0 Å². The van der Waals surface area contributed by atoms with Gasteiger partial charge in [0.1, 0.15) is 11.3 Å². The van der Waals surface area contributed by atoms with Crippen molar-refractivity contribution in [2.75, 3.05) is 20.1 Å². The van der Waals surface area contributed by atoms with E-state index in [-0.39, 0.29) is 11.2 Å². The van der Waals surface area contributed by atoms with E-state index in [4.69, 9.17) is 0 Å². The SMILES string of the molecule is CN1CCC(C)(C(=O)c2cnc3cnc(-c4c[nH]c5ncccc45)cn23)CC1. The molecule has 4 aromatic rings. The predicted octanol–water partition coefficient (Wildman–Crippen LogP) is 3.19. The van der Waals surface area contributed by atoms with E-state index >= 15 is 0 Å². The monoisotopic (exact) mass is 374 g/mol. The Kier molecular flexibility index (Phi) is 3.80. The maximum atomic E-state index is 13.4. The highest BCUT2D eigenvalue weighted by Crippen LogP contribution is 2.34. The van der Waals surface area contributed by atoms with Gasteiger partial charge in [-0.05, 0) is 45.1 Å². The molecule has 0 aliphatic carbocycles. The van der Waals surface area contributed by atoms with Crippen LogP contribution in [0, 0.1) is 5.41 Å². The largest absolute Gasteiger partial charge is 0.345 e. The minimum atomic E-state index is -0.351. The lowest BCUT2D eigenvalue weighted by Crippen LogP contribution is -2.41. The Hall–Kier alpha value is -3.06. The minimum Gasteiger partial charge on any atom is -0.345 e. The normalized spacial score (nSPS) is 17.4. The van der Waals surface area contributed by atoms with Gasteiger partial charge in [-0.2, -0.15) is 0 Å². The molecular formula is C21H22N6O. The topological polar surface area (TPSA) is 79.2 Å². The number of aromatic amines is 1. The Morgan fingerprint density at radius 3 is 2.82 bits per heavy atom. The first-order valence-corrected chi connectivity index (χ1v) is 9.54. The van der Waals surface area contributed by atoms with Crippen LogP contribution < -0.4 is 0 Å². The Labute approximate surface area is 162 Å². The molecule has 7 heteroatoms. The van der Waals surface area contributed by atoms with E-state index in [0.29, 0.717) is 11.3 Å². The highest BCUT2D eigenvalue weighted by Gasteiger charge is 2.38. The number of fused-ring (bicyclic) bond motifs is 2. The zero-order chi connectivity index (χ0) is 19.3. The lowest BCUT2D eigenvalue weighted by atomic mass is 9.76. The molecule has 0 atom stereocenters. The van der Waals surface area contributed by atoms with Gasteiger partial charge < -0.3 is 9.88 Å². The van der Waals surface area contributed by atoms with E-state index in [1.54, 1.807) is 18.6 Å². The Bertz CT molecular complexity index is 1180. The van der Waals surface area contributed by atoms with Gasteiger partial charge in [0.25, 0.3) is 0 Å². The Morgan fingerprint density at radius 1 is 1.18 bits per heavy atom. The van der Waals surface area contributed by atoms with Crippen molar-refractivity contribution in [3.05, 3.63) is 48.8 Å². The quantitative estimate of drug-likeness (QED) is 0.557. The van der Waals surface area contributed by atoms with Crippen molar-refractivity contribution >= 4 is 22.5 Å². The van der Waals surface area contributed by atoms with Gasteiger partial charge in [0.15, 0.2) is 11.4 Å². The fraction of sp³-hybridized carbons (Fsp3) is 0.333. The summed E-state index contributed by atoms with van der Waals surface area (Å²) in [4.78, 5) is 32.2. The highest BCUT2D eigenvalue weighted by molar-refractivity contribution is 5.99. The molecule has 7 nitrogen and oxygen atoms in total. The van der Waals surface area contributed by atoms with Crippen molar-refractivity contribution in [2.45, 2.75) is 19.8 Å². The molecule has 4 aromatic heterocycles. The molecule has 5 rings (SSSR count). The Balaban J connectivity index is 1.58. The van der Waals surface area contributed by atoms with Crippen LogP contribution in [0.2, 0.25) is 0 Å². The lowest BCUT2D eigenvalue weighted by Gasteiger charge is -2.36. The van der Waals surface area contributed by atoms with Crippen molar-refractivity contribution in [1.29, 1.82) is 0 Å². The lowest BCUT2D eigenvalue weighted by molar-refractivity contribution is 0.0672. The summed E-state index contributed by atoms with van der Waals surface area (Å²) >= 11 is 0. The minimum absolute atomic E-state index is 0.158. The molecule has 0 aromatic carbocycles. The number of imidazole rings is 1. The summed E-state index contributed by atoms with van der Waals surface area (Å²) in [5.74, 6) is 0.158. The average molecular weight is 374 g/mol. The first kappa shape index (κ1) is 17.1. The number of pyridine rings is 1. The summed E-state index contributed by atoms with van der Waals surface area (Å²) < 4.78 is 1.88. The number of H-pyrrole nitrogens is 1. The van der Waals surface area contributed by atoms with Crippen molar-refractivity contribution < 1.29 is 4.79 Å². The fourth-order valence-electron chi connectivity index (χ4n) is 4.01. The van der Waals surface area contributed by atoms with Crippen molar-refractivity contribution in [2.24, 2.45) is 5.41 Å². The van der Waals surface area contributed by atoms with Crippen LogP contribution in [0.5, 0.6) is 0 Å². The first-order valence-electron chi connectivity index (χ1n) is 9.54. The smallest absolute Gasteiger partial charge is 0.187 e. The standard InChI is InChI=1S/C21H22N6O/c1-21(5-8-26(2)9-6-21)19(28)17-11-24-18-12-23-16(13-27(17)18)15-10-25-20-14(15)4-3-7-22-20/h3-4,7,10-13H,5-6,8-9H2,1-2H3,(H,22,25). The van der Waals surface area contributed by atoms with Crippen LogP contribution >= 0.6 is 0 Å². The maximum absolute atomic E-state index is 13.4. The summed E-state index contributed by atoms with van der Waals surface area (Å²) in [5.41, 5.74) is 3.52. The molecule has 0 amide bonds. The van der Waals surface area contributed by atoms with Crippen molar-refractivity contribution in [1.82, 2.24) is 29.2 Å². The molecule has 1 aliphatic rings. The van der Waals surface area contributed by atoms with Gasteiger partial charge in [-0.25, -0.2) is 9.97 Å². The van der Waals surface area contributed by atoms with Gasteiger partial charge in [-0.1, -0.05) is 6.92 Å². The maximum Gasteiger partial charge on any atom is 0.187 e. The Morgan fingerprint density at radius 2 is 2.00 bits per heavy atom. The van der Waals surface area contributed by atoms with Crippen LogP contribution in [0.1, 0.15) is 30.3 Å². The van der Waals surface area contributed by atoms with Gasteiger partial charge in [-0.15, -0.1) is 0 Å². The van der Waals surface area contributed by atoms with E-state index in [1.165, 1.54) is 0 Å². The summed E-state index contributed by atoms with van der Waals surface area (Å²) in [6.07, 6.45) is 10.7. The average Bonchev–Trinajstić information content (AvgIpc) is 3.33. The number of hydrogen-bond donors (Lipinski definition) is 1. The number of Topliss-reactive ketones (excluding diaryl/α,β-unsaturated/α-hetero) is 1. The molecule has 0 radical (unpaired) electrons. The molecule has 142 valence electrons. The van der Waals surface area contributed by atoms with E-state index < -0.39 is 0 Å². The third kappa shape index (κ3) is 2.62. The second-order valence-corrected chi connectivity index (χ2v) is 7.94. The predicted molar refractivity (Wildman–Crippen MR) is 107 cm³/mol. The second kappa shape index (κ2) is 6.24. The number of likely N-dealkylation sites (tertiary alicyclic amines) is 1.